The zero-order valence-electron chi connectivity index (χ0n) is 17.2. The summed E-state index contributed by atoms with van der Waals surface area (Å²) in [5, 5.41) is 11.3. The third-order valence-electron chi connectivity index (χ3n) is 4.82. The monoisotopic (exact) mass is 453 g/mol. The van der Waals surface area contributed by atoms with E-state index in [0.717, 1.165) is 21.5 Å². The largest absolute Gasteiger partial charge is 0.326 e. The van der Waals surface area contributed by atoms with Gasteiger partial charge in [-0.05, 0) is 43.7 Å². The Labute approximate surface area is 188 Å². The van der Waals surface area contributed by atoms with E-state index >= 15 is 0 Å². The summed E-state index contributed by atoms with van der Waals surface area (Å²) in [6.07, 6.45) is 0. The Bertz CT molecular complexity index is 1310. The quantitative estimate of drug-likeness (QED) is 0.444. The van der Waals surface area contributed by atoms with E-state index in [-0.39, 0.29) is 11.8 Å². The van der Waals surface area contributed by atoms with Gasteiger partial charge in [0.1, 0.15) is 0 Å². The van der Waals surface area contributed by atoms with Gasteiger partial charge in [-0.2, -0.15) is 5.10 Å². The van der Waals surface area contributed by atoms with Crippen molar-refractivity contribution in [3.05, 3.63) is 70.0 Å². The van der Waals surface area contributed by atoms with Gasteiger partial charge in [-0.1, -0.05) is 41.1 Å². The Hall–Kier alpha value is -3.23. The lowest BCUT2D eigenvalue weighted by molar-refractivity contribution is -0.114. The molecule has 2 aromatic carbocycles. The molecule has 0 atom stereocenters. The molecule has 2 aromatic heterocycles. The van der Waals surface area contributed by atoms with Crippen LogP contribution in [-0.4, -0.2) is 26.6 Å². The highest BCUT2D eigenvalue weighted by Gasteiger charge is 2.20. The number of halogens is 1. The maximum atomic E-state index is 13.0. The number of thiazole rings is 1. The maximum Gasteiger partial charge on any atom is 0.261 e. The van der Waals surface area contributed by atoms with Crippen molar-refractivity contribution in [2.75, 3.05) is 10.6 Å². The standard InChI is InChI=1S/C22H20ClN5O2S/c1-12-20(13(2)28(27-12)11-15-6-4-5-7-17(15)23)21(30)26-22-25-18-9-8-16(24-14(3)29)10-19(18)31-22/h4-10H,11H2,1-3H3,(H,24,29)(H,25,26,30). The minimum absolute atomic E-state index is 0.142. The predicted molar refractivity (Wildman–Crippen MR) is 124 cm³/mol. The van der Waals surface area contributed by atoms with Gasteiger partial charge >= 0.3 is 0 Å². The lowest BCUT2D eigenvalue weighted by Crippen LogP contribution is -2.14. The molecule has 0 aliphatic carbocycles. The van der Waals surface area contributed by atoms with Gasteiger partial charge in [0, 0.05) is 23.3 Å². The number of nitrogens with one attached hydrogen (secondary N) is 2. The molecular formula is C22H20ClN5O2S. The van der Waals surface area contributed by atoms with Crippen molar-refractivity contribution in [3.63, 3.8) is 0 Å². The van der Waals surface area contributed by atoms with E-state index in [1.165, 1.54) is 18.3 Å². The Balaban J connectivity index is 1.56. The fraction of sp³-hybridized carbons (Fsp3) is 0.182. The van der Waals surface area contributed by atoms with Crippen molar-refractivity contribution >= 4 is 55.8 Å². The van der Waals surface area contributed by atoms with Gasteiger partial charge in [-0.3, -0.25) is 19.6 Å². The number of hydrogen-bond acceptors (Lipinski definition) is 5. The lowest BCUT2D eigenvalue weighted by Gasteiger charge is -2.07. The summed E-state index contributed by atoms with van der Waals surface area (Å²) >= 11 is 7.62. The number of amides is 2. The molecule has 2 amide bonds. The van der Waals surface area contributed by atoms with Crippen LogP contribution in [-0.2, 0) is 11.3 Å². The van der Waals surface area contributed by atoms with Crippen LogP contribution in [0.4, 0.5) is 10.8 Å². The van der Waals surface area contributed by atoms with Gasteiger partial charge in [0.05, 0.1) is 28.0 Å². The number of anilines is 2. The van der Waals surface area contributed by atoms with Gasteiger partial charge < -0.3 is 5.32 Å². The van der Waals surface area contributed by atoms with Gasteiger partial charge in [0.2, 0.25) is 5.91 Å². The first-order valence-electron chi connectivity index (χ1n) is 9.59. The third kappa shape index (κ3) is 4.45. The molecule has 31 heavy (non-hydrogen) atoms. The summed E-state index contributed by atoms with van der Waals surface area (Å²) in [6, 6.07) is 13.0. The molecule has 9 heteroatoms. The molecule has 0 saturated heterocycles. The smallest absolute Gasteiger partial charge is 0.261 e. The molecule has 0 saturated carbocycles. The van der Waals surface area contributed by atoms with Crippen LogP contribution in [0.15, 0.2) is 42.5 Å². The topological polar surface area (TPSA) is 88.9 Å². The number of nitrogens with zero attached hydrogens (tertiary/aromatic N) is 3. The summed E-state index contributed by atoms with van der Waals surface area (Å²) in [5.41, 5.74) is 4.28. The molecule has 0 bridgehead atoms. The molecule has 0 spiro atoms. The third-order valence-corrected chi connectivity index (χ3v) is 6.12. The Morgan fingerprint density at radius 3 is 2.65 bits per heavy atom. The number of aromatic nitrogens is 3. The number of aryl methyl sites for hydroxylation is 1. The van der Waals surface area contributed by atoms with Crippen molar-refractivity contribution in [1.29, 1.82) is 0 Å². The zero-order chi connectivity index (χ0) is 22.1. The van der Waals surface area contributed by atoms with Crippen LogP contribution >= 0.6 is 22.9 Å². The van der Waals surface area contributed by atoms with Crippen LogP contribution in [0.2, 0.25) is 5.02 Å². The van der Waals surface area contributed by atoms with Gasteiger partial charge in [-0.25, -0.2) is 4.98 Å². The molecule has 0 aliphatic heterocycles. The number of carbonyl (C=O) groups is 2. The van der Waals surface area contributed by atoms with E-state index < -0.39 is 0 Å². The van der Waals surface area contributed by atoms with Crippen LogP contribution in [0.3, 0.4) is 0 Å². The second-order valence-electron chi connectivity index (χ2n) is 7.13. The summed E-state index contributed by atoms with van der Waals surface area (Å²) in [4.78, 5) is 28.7. The van der Waals surface area contributed by atoms with Crippen molar-refractivity contribution in [2.45, 2.75) is 27.3 Å². The van der Waals surface area contributed by atoms with Gasteiger partial charge in [0.25, 0.3) is 5.91 Å². The van der Waals surface area contributed by atoms with Gasteiger partial charge in [-0.15, -0.1) is 0 Å². The molecule has 4 aromatic rings. The first-order valence-corrected chi connectivity index (χ1v) is 10.8. The SMILES string of the molecule is CC(=O)Nc1ccc2nc(NC(=O)c3c(C)nn(Cc4ccccc4Cl)c3C)sc2c1. The van der Waals surface area contributed by atoms with Crippen LogP contribution in [0.5, 0.6) is 0 Å². The van der Waals surface area contributed by atoms with E-state index in [4.69, 9.17) is 11.6 Å². The van der Waals surface area contributed by atoms with Crippen molar-refractivity contribution in [1.82, 2.24) is 14.8 Å². The zero-order valence-corrected chi connectivity index (χ0v) is 18.8. The fourth-order valence-corrected chi connectivity index (χ4v) is 4.48. The highest BCUT2D eigenvalue weighted by atomic mass is 35.5. The van der Waals surface area contributed by atoms with Crippen molar-refractivity contribution < 1.29 is 9.59 Å². The summed E-state index contributed by atoms with van der Waals surface area (Å²) < 4.78 is 2.65. The van der Waals surface area contributed by atoms with Crippen LogP contribution in [0.25, 0.3) is 10.2 Å². The number of benzene rings is 2. The fourth-order valence-electron chi connectivity index (χ4n) is 3.39. The van der Waals surface area contributed by atoms with Crippen molar-refractivity contribution in [2.24, 2.45) is 0 Å². The minimum atomic E-state index is -0.262. The average Bonchev–Trinajstić information content (AvgIpc) is 3.22. The molecule has 2 heterocycles. The molecule has 0 radical (unpaired) electrons. The maximum absolute atomic E-state index is 13.0. The second kappa shape index (κ2) is 8.49. The van der Waals surface area contributed by atoms with Crippen LogP contribution < -0.4 is 10.6 Å². The Morgan fingerprint density at radius 1 is 1.13 bits per heavy atom. The average molecular weight is 454 g/mol. The molecule has 0 fully saturated rings. The van der Waals surface area contributed by atoms with Crippen LogP contribution in [0, 0.1) is 13.8 Å². The van der Waals surface area contributed by atoms with E-state index in [2.05, 4.69) is 20.7 Å². The number of carbonyl (C=O) groups excluding carboxylic acids is 2. The molecule has 7 nitrogen and oxygen atoms in total. The van der Waals surface area contributed by atoms with E-state index in [1.807, 2.05) is 50.2 Å². The Morgan fingerprint density at radius 2 is 1.90 bits per heavy atom. The normalized spacial score (nSPS) is 11.0. The minimum Gasteiger partial charge on any atom is -0.326 e. The molecule has 158 valence electrons. The number of hydrogen-bond donors (Lipinski definition) is 2. The van der Waals surface area contributed by atoms with E-state index in [1.54, 1.807) is 10.7 Å². The predicted octanol–water partition coefficient (Wildman–Crippen LogP) is 5.02. The molecule has 4 rings (SSSR count). The Kier molecular flexibility index (Phi) is 5.75. The lowest BCUT2D eigenvalue weighted by atomic mass is 10.2. The highest BCUT2D eigenvalue weighted by Crippen LogP contribution is 2.29. The summed E-state index contributed by atoms with van der Waals surface area (Å²) in [5.74, 6) is -0.404. The van der Waals surface area contributed by atoms with E-state index in [9.17, 15) is 9.59 Å². The molecule has 2 N–H and O–H groups in total. The first-order chi connectivity index (χ1) is 14.8. The number of rotatable bonds is 5. The first kappa shape index (κ1) is 21.0. The van der Waals surface area contributed by atoms with E-state index in [0.29, 0.717) is 33.6 Å². The highest BCUT2D eigenvalue weighted by molar-refractivity contribution is 7.22. The summed E-state index contributed by atoms with van der Waals surface area (Å²) in [6.45, 7) is 5.61. The molecular weight excluding hydrogens is 434 g/mol. The summed E-state index contributed by atoms with van der Waals surface area (Å²) in [7, 11) is 0. The molecule has 0 aliphatic rings. The van der Waals surface area contributed by atoms with Crippen molar-refractivity contribution in [3.8, 4) is 0 Å². The number of fused-ring (bicyclic) bond motifs is 1. The molecule has 0 unspecified atom stereocenters. The van der Waals surface area contributed by atoms with Crippen LogP contribution in [0.1, 0.15) is 34.2 Å². The second-order valence-corrected chi connectivity index (χ2v) is 8.57. The van der Waals surface area contributed by atoms with Gasteiger partial charge in [0.15, 0.2) is 5.13 Å².